The zero-order chi connectivity index (χ0) is 10.1. The minimum atomic E-state index is -3.19. The second kappa shape index (κ2) is 3.88. The Labute approximate surface area is 76.8 Å². The Morgan fingerprint density at radius 3 is 2.08 bits per heavy atom. The maximum absolute atomic E-state index is 12.2. The highest BCUT2D eigenvalue weighted by Gasteiger charge is 2.29. The molecule has 0 unspecified atom stereocenters. The van der Waals surface area contributed by atoms with Crippen LogP contribution < -0.4 is 0 Å². The summed E-state index contributed by atoms with van der Waals surface area (Å²) in [4.78, 5) is 0. The van der Waals surface area contributed by atoms with Gasteiger partial charge in [-0.05, 0) is 12.8 Å². The fourth-order valence-electron chi connectivity index (χ4n) is 1.46. The Bertz CT molecular complexity index is 258. The van der Waals surface area contributed by atoms with E-state index >= 15 is 0 Å². The van der Waals surface area contributed by atoms with E-state index in [1.54, 1.807) is 0 Å². The molecule has 1 saturated heterocycles. The summed E-state index contributed by atoms with van der Waals surface area (Å²) in [6, 6.07) is 0. The zero-order valence-electron chi connectivity index (χ0n) is 7.41. The SMILES string of the molecule is CS(=O)(=O)N1CCC(C(F)F)CC1. The molecule has 13 heavy (non-hydrogen) atoms. The molecule has 0 atom stereocenters. The predicted molar refractivity (Wildman–Crippen MR) is 45.1 cm³/mol. The van der Waals surface area contributed by atoms with Crippen molar-refractivity contribution in [3.05, 3.63) is 0 Å². The van der Waals surface area contributed by atoms with Crippen molar-refractivity contribution in [2.45, 2.75) is 19.3 Å². The van der Waals surface area contributed by atoms with Crippen LogP contribution in [0.25, 0.3) is 0 Å². The summed E-state index contributed by atoms with van der Waals surface area (Å²) >= 11 is 0. The minimum absolute atomic E-state index is 0.230. The number of nitrogens with zero attached hydrogens (tertiary/aromatic N) is 1. The van der Waals surface area contributed by atoms with Crippen molar-refractivity contribution < 1.29 is 17.2 Å². The van der Waals surface area contributed by atoms with Gasteiger partial charge >= 0.3 is 0 Å². The Morgan fingerprint density at radius 1 is 1.31 bits per heavy atom. The topological polar surface area (TPSA) is 37.4 Å². The Balaban J connectivity index is 2.49. The van der Waals surface area contributed by atoms with E-state index in [2.05, 4.69) is 0 Å². The average molecular weight is 213 g/mol. The van der Waals surface area contributed by atoms with Crippen LogP contribution in [0.15, 0.2) is 0 Å². The van der Waals surface area contributed by atoms with Crippen molar-refractivity contribution in [1.82, 2.24) is 4.31 Å². The maximum atomic E-state index is 12.2. The van der Waals surface area contributed by atoms with E-state index < -0.39 is 22.4 Å². The molecular formula is C7H13F2NO2S. The normalized spacial score (nSPS) is 22.5. The third-order valence-corrected chi connectivity index (χ3v) is 3.63. The van der Waals surface area contributed by atoms with Crippen molar-refractivity contribution in [1.29, 1.82) is 0 Å². The summed E-state index contributed by atoms with van der Waals surface area (Å²) in [6.07, 6.45) is -0.674. The fraction of sp³-hybridized carbons (Fsp3) is 1.00. The van der Waals surface area contributed by atoms with Crippen molar-refractivity contribution in [3.63, 3.8) is 0 Å². The summed E-state index contributed by atoms with van der Waals surface area (Å²) in [5, 5.41) is 0. The summed E-state index contributed by atoms with van der Waals surface area (Å²) in [7, 11) is -3.19. The van der Waals surface area contributed by atoms with E-state index in [1.807, 2.05) is 0 Å². The van der Waals surface area contributed by atoms with Crippen LogP contribution in [0.1, 0.15) is 12.8 Å². The van der Waals surface area contributed by atoms with E-state index in [0.29, 0.717) is 0 Å². The molecule has 0 aliphatic carbocycles. The first kappa shape index (κ1) is 10.8. The fourth-order valence-corrected chi connectivity index (χ4v) is 2.33. The molecule has 0 bridgehead atoms. The van der Waals surface area contributed by atoms with Crippen molar-refractivity contribution in [3.8, 4) is 0 Å². The van der Waals surface area contributed by atoms with Gasteiger partial charge < -0.3 is 0 Å². The van der Waals surface area contributed by atoms with Crippen molar-refractivity contribution in [2.24, 2.45) is 5.92 Å². The minimum Gasteiger partial charge on any atom is -0.213 e. The van der Waals surface area contributed by atoms with Gasteiger partial charge in [-0.25, -0.2) is 21.5 Å². The monoisotopic (exact) mass is 213 g/mol. The van der Waals surface area contributed by atoms with Gasteiger partial charge in [0.05, 0.1) is 6.26 Å². The second-order valence-electron chi connectivity index (χ2n) is 3.33. The predicted octanol–water partition coefficient (Wildman–Crippen LogP) is 0.923. The molecule has 0 radical (unpaired) electrons. The summed E-state index contributed by atoms with van der Waals surface area (Å²) < 4.78 is 47.6. The van der Waals surface area contributed by atoms with Gasteiger partial charge in [0.1, 0.15) is 0 Å². The van der Waals surface area contributed by atoms with Crippen LogP contribution in [-0.2, 0) is 10.0 Å². The van der Waals surface area contributed by atoms with Crippen LogP contribution in [0.4, 0.5) is 8.78 Å². The lowest BCUT2D eigenvalue weighted by Gasteiger charge is -2.29. The molecule has 0 amide bonds. The molecule has 0 aromatic rings. The smallest absolute Gasteiger partial charge is 0.213 e. The molecule has 1 rings (SSSR count). The molecule has 78 valence electrons. The number of hydrogen-bond acceptors (Lipinski definition) is 2. The van der Waals surface area contributed by atoms with E-state index in [1.165, 1.54) is 4.31 Å². The first-order chi connectivity index (χ1) is 5.91. The van der Waals surface area contributed by atoms with Gasteiger partial charge in [-0.15, -0.1) is 0 Å². The quantitative estimate of drug-likeness (QED) is 0.684. The highest BCUT2D eigenvalue weighted by molar-refractivity contribution is 7.88. The van der Waals surface area contributed by atoms with Crippen LogP contribution in [0.3, 0.4) is 0 Å². The molecule has 1 aliphatic heterocycles. The van der Waals surface area contributed by atoms with Crippen molar-refractivity contribution in [2.75, 3.05) is 19.3 Å². The van der Waals surface area contributed by atoms with Crippen LogP contribution in [0.5, 0.6) is 0 Å². The highest BCUT2D eigenvalue weighted by atomic mass is 32.2. The maximum Gasteiger partial charge on any atom is 0.241 e. The molecule has 0 spiro atoms. The third kappa shape index (κ3) is 2.87. The van der Waals surface area contributed by atoms with Crippen LogP contribution >= 0.6 is 0 Å². The lowest BCUT2D eigenvalue weighted by Crippen LogP contribution is -2.39. The number of rotatable bonds is 2. The molecule has 0 N–H and O–H groups in total. The Hall–Kier alpha value is -0.230. The second-order valence-corrected chi connectivity index (χ2v) is 5.32. The lowest BCUT2D eigenvalue weighted by atomic mass is 9.99. The van der Waals surface area contributed by atoms with E-state index in [0.717, 1.165) is 6.26 Å². The van der Waals surface area contributed by atoms with Crippen LogP contribution in [0, 0.1) is 5.92 Å². The lowest BCUT2D eigenvalue weighted by molar-refractivity contribution is 0.0492. The van der Waals surface area contributed by atoms with Crippen molar-refractivity contribution >= 4 is 10.0 Å². The molecule has 0 aromatic carbocycles. The molecule has 0 saturated carbocycles. The number of sulfonamides is 1. The van der Waals surface area contributed by atoms with Crippen LogP contribution in [0.2, 0.25) is 0 Å². The largest absolute Gasteiger partial charge is 0.241 e. The standard InChI is InChI=1S/C7H13F2NO2S/c1-13(11,12)10-4-2-6(3-5-10)7(8)9/h6-7H,2-5H2,1H3. The molecular weight excluding hydrogens is 200 g/mol. The van der Waals surface area contributed by atoms with Gasteiger partial charge in [-0.3, -0.25) is 0 Å². The molecule has 1 aliphatic rings. The molecule has 1 heterocycles. The van der Waals surface area contributed by atoms with Gasteiger partial charge in [-0.1, -0.05) is 0 Å². The molecule has 3 nitrogen and oxygen atoms in total. The van der Waals surface area contributed by atoms with Crippen LogP contribution in [-0.4, -0.2) is 38.5 Å². The van der Waals surface area contributed by atoms with E-state index in [-0.39, 0.29) is 25.9 Å². The number of hydrogen-bond donors (Lipinski definition) is 0. The van der Waals surface area contributed by atoms with E-state index in [9.17, 15) is 17.2 Å². The number of piperidine rings is 1. The highest BCUT2D eigenvalue weighted by Crippen LogP contribution is 2.24. The Kier molecular flexibility index (Phi) is 3.23. The van der Waals surface area contributed by atoms with Gasteiger partial charge in [0.25, 0.3) is 0 Å². The summed E-state index contributed by atoms with van der Waals surface area (Å²) in [5.41, 5.74) is 0. The summed E-state index contributed by atoms with van der Waals surface area (Å²) in [6.45, 7) is 0.460. The molecule has 1 fully saturated rings. The van der Waals surface area contributed by atoms with Gasteiger partial charge in [0.15, 0.2) is 0 Å². The molecule has 6 heteroatoms. The zero-order valence-corrected chi connectivity index (χ0v) is 8.23. The van der Waals surface area contributed by atoms with Gasteiger partial charge in [-0.2, -0.15) is 0 Å². The first-order valence-electron chi connectivity index (χ1n) is 4.14. The summed E-state index contributed by atoms with van der Waals surface area (Å²) in [5.74, 6) is -0.627. The Morgan fingerprint density at radius 2 is 1.77 bits per heavy atom. The third-order valence-electron chi connectivity index (χ3n) is 2.32. The number of alkyl halides is 2. The molecule has 0 aromatic heterocycles. The van der Waals surface area contributed by atoms with E-state index in [4.69, 9.17) is 0 Å². The average Bonchev–Trinajstić information content (AvgIpc) is 2.03. The first-order valence-corrected chi connectivity index (χ1v) is 5.99. The number of halogens is 2. The van der Waals surface area contributed by atoms with Gasteiger partial charge in [0, 0.05) is 19.0 Å². The van der Waals surface area contributed by atoms with Gasteiger partial charge in [0.2, 0.25) is 16.4 Å².